The average Bonchev–Trinajstić information content (AvgIpc) is 2.38. The number of hydrogen-bond acceptors (Lipinski definition) is 2. The van der Waals surface area contributed by atoms with Crippen molar-refractivity contribution in [1.29, 1.82) is 0 Å². The summed E-state index contributed by atoms with van der Waals surface area (Å²) in [6.07, 6.45) is 0. The van der Waals surface area contributed by atoms with E-state index in [2.05, 4.69) is 54.2 Å². The predicted molar refractivity (Wildman–Crippen MR) is 88.2 cm³/mol. The normalized spacial score (nSPS) is 12.2. The summed E-state index contributed by atoms with van der Waals surface area (Å²) >= 11 is 3.43. The number of aryl methyl sites for hydroxylation is 3. The van der Waals surface area contributed by atoms with Gasteiger partial charge in [0.25, 0.3) is 0 Å². The van der Waals surface area contributed by atoms with Crippen LogP contribution in [0.5, 0.6) is 0 Å². The first kappa shape index (κ1) is 15.1. The van der Waals surface area contributed by atoms with E-state index in [-0.39, 0.29) is 12.6 Å². The van der Waals surface area contributed by atoms with Gasteiger partial charge in [-0.15, -0.1) is 0 Å². The summed E-state index contributed by atoms with van der Waals surface area (Å²) in [4.78, 5) is 0. The molecule has 2 aromatic rings. The van der Waals surface area contributed by atoms with Crippen molar-refractivity contribution in [2.75, 3.05) is 11.9 Å². The highest BCUT2D eigenvalue weighted by molar-refractivity contribution is 9.10. The van der Waals surface area contributed by atoms with E-state index in [1.54, 1.807) is 0 Å². The molecule has 2 rings (SSSR count). The van der Waals surface area contributed by atoms with Gasteiger partial charge in [-0.1, -0.05) is 33.6 Å². The van der Waals surface area contributed by atoms with Crippen LogP contribution in [0.4, 0.5) is 5.69 Å². The molecule has 0 amide bonds. The van der Waals surface area contributed by atoms with Gasteiger partial charge in [-0.2, -0.15) is 0 Å². The second kappa shape index (κ2) is 6.42. The van der Waals surface area contributed by atoms with Crippen LogP contribution in [0, 0.1) is 20.8 Å². The summed E-state index contributed by atoms with van der Waals surface area (Å²) in [5.74, 6) is 0. The molecule has 0 aromatic heterocycles. The second-order valence-electron chi connectivity index (χ2n) is 5.20. The molecule has 0 spiro atoms. The van der Waals surface area contributed by atoms with Crippen LogP contribution < -0.4 is 5.32 Å². The van der Waals surface area contributed by atoms with E-state index in [1.807, 2.05) is 24.3 Å². The summed E-state index contributed by atoms with van der Waals surface area (Å²) in [6.45, 7) is 6.36. The maximum Gasteiger partial charge on any atom is 0.0750 e. The summed E-state index contributed by atoms with van der Waals surface area (Å²) in [6, 6.07) is 12.2. The zero-order valence-electron chi connectivity index (χ0n) is 12.1. The molecule has 0 heterocycles. The van der Waals surface area contributed by atoms with E-state index in [1.165, 1.54) is 22.3 Å². The fourth-order valence-electron chi connectivity index (χ4n) is 2.70. The van der Waals surface area contributed by atoms with Crippen LogP contribution in [0.15, 0.2) is 40.9 Å². The minimum Gasteiger partial charge on any atom is -0.394 e. The minimum atomic E-state index is -0.0863. The topological polar surface area (TPSA) is 32.3 Å². The highest BCUT2D eigenvalue weighted by atomic mass is 79.9. The SMILES string of the molecule is Cc1cc(C)c(C(CO)Nc2ccc(Br)cc2)c(C)c1. The molecule has 0 aliphatic carbocycles. The van der Waals surface area contributed by atoms with Gasteiger partial charge < -0.3 is 10.4 Å². The van der Waals surface area contributed by atoms with E-state index in [0.29, 0.717) is 0 Å². The number of benzene rings is 2. The molecule has 1 unspecified atom stereocenters. The molecule has 2 N–H and O–H groups in total. The fraction of sp³-hybridized carbons (Fsp3) is 0.294. The highest BCUT2D eigenvalue weighted by Gasteiger charge is 2.15. The Bertz CT molecular complexity index is 569. The molecule has 0 fully saturated rings. The number of hydrogen-bond donors (Lipinski definition) is 2. The van der Waals surface area contributed by atoms with Crippen LogP contribution in [0.25, 0.3) is 0 Å². The van der Waals surface area contributed by atoms with Gasteiger partial charge in [0, 0.05) is 10.2 Å². The Morgan fingerprint density at radius 3 is 2.10 bits per heavy atom. The van der Waals surface area contributed by atoms with Gasteiger partial charge in [-0.25, -0.2) is 0 Å². The number of rotatable bonds is 4. The van der Waals surface area contributed by atoms with Crippen LogP contribution >= 0.6 is 15.9 Å². The Kier molecular flexibility index (Phi) is 4.84. The van der Waals surface area contributed by atoms with Gasteiger partial charge in [-0.3, -0.25) is 0 Å². The molecular formula is C17H20BrNO. The van der Waals surface area contributed by atoms with Gasteiger partial charge in [0.05, 0.1) is 12.6 Å². The lowest BCUT2D eigenvalue weighted by Crippen LogP contribution is -2.17. The van der Waals surface area contributed by atoms with Crippen molar-refractivity contribution in [1.82, 2.24) is 0 Å². The third-order valence-electron chi connectivity index (χ3n) is 3.45. The van der Waals surface area contributed by atoms with Crippen LogP contribution in [-0.2, 0) is 0 Å². The summed E-state index contributed by atoms with van der Waals surface area (Å²) in [5.41, 5.74) is 5.87. The molecule has 2 aromatic carbocycles. The Hall–Kier alpha value is -1.32. The molecule has 0 radical (unpaired) electrons. The number of nitrogens with one attached hydrogen (secondary N) is 1. The maximum absolute atomic E-state index is 9.74. The number of anilines is 1. The van der Waals surface area contributed by atoms with Crippen molar-refractivity contribution in [2.24, 2.45) is 0 Å². The lowest BCUT2D eigenvalue weighted by atomic mass is 9.94. The first-order valence-electron chi connectivity index (χ1n) is 6.72. The summed E-state index contributed by atoms with van der Waals surface area (Å²) in [5, 5.41) is 13.1. The van der Waals surface area contributed by atoms with E-state index in [9.17, 15) is 5.11 Å². The van der Waals surface area contributed by atoms with Crippen molar-refractivity contribution in [3.63, 3.8) is 0 Å². The smallest absolute Gasteiger partial charge is 0.0750 e. The predicted octanol–water partition coefficient (Wildman–Crippen LogP) is 4.52. The lowest BCUT2D eigenvalue weighted by Gasteiger charge is -2.22. The molecule has 0 saturated carbocycles. The van der Waals surface area contributed by atoms with Crippen LogP contribution in [0.2, 0.25) is 0 Å². The van der Waals surface area contributed by atoms with Crippen LogP contribution in [0.3, 0.4) is 0 Å². The fourth-order valence-corrected chi connectivity index (χ4v) is 2.96. The van der Waals surface area contributed by atoms with Gasteiger partial charge in [0.2, 0.25) is 0 Å². The van der Waals surface area contributed by atoms with Crippen molar-refractivity contribution < 1.29 is 5.11 Å². The van der Waals surface area contributed by atoms with Crippen molar-refractivity contribution in [2.45, 2.75) is 26.8 Å². The standard InChI is InChI=1S/C17H20BrNO/c1-11-8-12(2)17(13(3)9-11)16(10-20)19-15-6-4-14(18)5-7-15/h4-9,16,19-20H,10H2,1-3H3. The average molecular weight is 334 g/mol. The highest BCUT2D eigenvalue weighted by Crippen LogP contribution is 2.27. The Balaban J connectivity index is 2.31. The Labute approximate surface area is 129 Å². The van der Waals surface area contributed by atoms with Crippen molar-refractivity contribution >= 4 is 21.6 Å². The summed E-state index contributed by atoms with van der Waals surface area (Å²) in [7, 11) is 0. The van der Waals surface area contributed by atoms with E-state index >= 15 is 0 Å². The molecule has 0 bridgehead atoms. The van der Waals surface area contributed by atoms with Crippen LogP contribution in [0.1, 0.15) is 28.3 Å². The summed E-state index contributed by atoms with van der Waals surface area (Å²) < 4.78 is 1.05. The first-order valence-corrected chi connectivity index (χ1v) is 7.51. The van der Waals surface area contributed by atoms with Crippen molar-refractivity contribution in [3.05, 3.63) is 63.1 Å². The zero-order chi connectivity index (χ0) is 14.7. The monoisotopic (exact) mass is 333 g/mol. The molecule has 0 saturated heterocycles. The lowest BCUT2D eigenvalue weighted by molar-refractivity contribution is 0.275. The largest absolute Gasteiger partial charge is 0.394 e. The van der Waals surface area contributed by atoms with E-state index in [0.717, 1.165) is 10.2 Å². The van der Waals surface area contributed by atoms with Gasteiger partial charge in [0.1, 0.15) is 0 Å². The quantitative estimate of drug-likeness (QED) is 0.862. The molecule has 1 atom stereocenters. The van der Waals surface area contributed by atoms with Gasteiger partial charge in [-0.05, 0) is 61.7 Å². The van der Waals surface area contributed by atoms with Crippen molar-refractivity contribution in [3.8, 4) is 0 Å². The maximum atomic E-state index is 9.74. The number of aliphatic hydroxyl groups is 1. The third-order valence-corrected chi connectivity index (χ3v) is 3.98. The molecule has 106 valence electrons. The first-order chi connectivity index (χ1) is 9.51. The van der Waals surface area contributed by atoms with Gasteiger partial charge in [0.15, 0.2) is 0 Å². The number of aliphatic hydroxyl groups excluding tert-OH is 1. The molecule has 0 aliphatic heterocycles. The molecular weight excluding hydrogens is 314 g/mol. The Morgan fingerprint density at radius 2 is 1.60 bits per heavy atom. The van der Waals surface area contributed by atoms with Gasteiger partial charge >= 0.3 is 0 Å². The zero-order valence-corrected chi connectivity index (χ0v) is 13.7. The molecule has 20 heavy (non-hydrogen) atoms. The minimum absolute atomic E-state index is 0.0702. The third kappa shape index (κ3) is 3.41. The second-order valence-corrected chi connectivity index (χ2v) is 6.11. The molecule has 2 nitrogen and oxygen atoms in total. The van der Waals surface area contributed by atoms with E-state index in [4.69, 9.17) is 0 Å². The number of halogens is 1. The molecule has 0 aliphatic rings. The van der Waals surface area contributed by atoms with Crippen LogP contribution in [-0.4, -0.2) is 11.7 Å². The Morgan fingerprint density at radius 1 is 1.05 bits per heavy atom. The van der Waals surface area contributed by atoms with E-state index < -0.39 is 0 Å². The molecule has 3 heteroatoms.